The smallest absolute Gasteiger partial charge is 0.306 e. The number of pyridine rings is 1. The van der Waals surface area contributed by atoms with Gasteiger partial charge in [-0.1, -0.05) is 5.21 Å². The van der Waals surface area contributed by atoms with E-state index in [4.69, 9.17) is 23.9 Å². The third-order valence-corrected chi connectivity index (χ3v) is 6.46. The van der Waals surface area contributed by atoms with Gasteiger partial charge in [-0.05, 0) is 57.6 Å². The summed E-state index contributed by atoms with van der Waals surface area (Å²) in [6, 6.07) is 5.32. The van der Waals surface area contributed by atoms with Gasteiger partial charge in [-0.2, -0.15) is 0 Å². The number of hydrogen-bond acceptors (Lipinski definition) is 10. The van der Waals surface area contributed by atoms with Crippen LogP contribution in [-0.4, -0.2) is 67.4 Å². The molecule has 4 rings (SSSR count). The van der Waals surface area contributed by atoms with E-state index in [9.17, 15) is 9.90 Å². The third kappa shape index (κ3) is 7.15. The molecule has 3 aromatic heterocycles. The maximum absolute atomic E-state index is 11.4. The summed E-state index contributed by atoms with van der Waals surface area (Å²) in [6.07, 6.45) is 5.91. The number of hydrogen-bond donors (Lipinski definition) is 1. The summed E-state index contributed by atoms with van der Waals surface area (Å²) in [5.74, 6) is 0.337. The summed E-state index contributed by atoms with van der Waals surface area (Å²) in [6.45, 7) is 3.25. The van der Waals surface area contributed by atoms with Crippen LogP contribution < -0.4 is 14.2 Å². The molecule has 0 saturated heterocycles. The third-order valence-electron chi connectivity index (χ3n) is 6.46. The fourth-order valence-electron chi connectivity index (χ4n) is 4.35. The molecule has 1 saturated carbocycles. The normalized spacial score (nSPS) is 17.2. The van der Waals surface area contributed by atoms with E-state index in [1.165, 1.54) is 6.33 Å². The molecule has 1 fully saturated rings. The van der Waals surface area contributed by atoms with Crippen LogP contribution in [0.3, 0.4) is 0 Å². The number of carbonyl (C=O) groups is 1. The lowest BCUT2D eigenvalue weighted by molar-refractivity contribution is -0.143. The molecule has 3 heterocycles. The van der Waals surface area contributed by atoms with Crippen molar-refractivity contribution in [2.45, 2.75) is 58.2 Å². The van der Waals surface area contributed by atoms with Gasteiger partial charge in [0.15, 0.2) is 0 Å². The minimum absolute atomic E-state index is 0.135. The largest absolute Gasteiger partial charge is 0.489 e. The predicted octanol–water partition coefficient (Wildman–Crippen LogP) is 3.38. The van der Waals surface area contributed by atoms with Gasteiger partial charge >= 0.3 is 5.97 Å². The Bertz CT molecular complexity index is 1220. The van der Waals surface area contributed by atoms with Crippen LogP contribution in [0.1, 0.15) is 49.9 Å². The van der Waals surface area contributed by atoms with E-state index in [-0.39, 0.29) is 18.6 Å². The Morgan fingerprint density at radius 1 is 1.13 bits per heavy atom. The number of aryl methyl sites for hydroxylation is 2. The van der Waals surface area contributed by atoms with E-state index in [0.717, 1.165) is 31.4 Å². The molecule has 1 aliphatic carbocycles. The zero-order valence-electron chi connectivity index (χ0n) is 22.0. The lowest BCUT2D eigenvalue weighted by Gasteiger charge is -2.27. The van der Waals surface area contributed by atoms with Crippen molar-refractivity contribution in [1.82, 2.24) is 29.9 Å². The topological polar surface area (TPSA) is 144 Å². The van der Waals surface area contributed by atoms with Gasteiger partial charge in [-0.3, -0.25) is 4.79 Å². The minimum Gasteiger partial charge on any atom is -0.489 e. The SMILES string of the molecule is COCCCCOc1cc(OCc2c(-c3ccc(O[C@H]4CCC[C@H](C(=O)O)C4)c(C)n3)nnn2C)ncn1. The first-order valence-electron chi connectivity index (χ1n) is 12.8. The molecule has 0 bridgehead atoms. The molecule has 2 atom stereocenters. The number of aromatic nitrogens is 6. The molecule has 0 amide bonds. The number of carboxylic acid groups (broad SMARTS) is 1. The van der Waals surface area contributed by atoms with Crippen LogP contribution >= 0.6 is 0 Å². The molecular weight excluding hydrogens is 492 g/mol. The predicted molar refractivity (Wildman–Crippen MR) is 136 cm³/mol. The Morgan fingerprint density at radius 2 is 1.92 bits per heavy atom. The van der Waals surface area contributed by atoms with Gasteiger partial charge in [-0.25, -0.2) is 19.6 Å². The molecule has 204 valence electrons. The molecule has 0 unspecified atom stereocenters. The number of methoxy groups -OCH3 is 1. The maximum Gasteiger partial charge on any atom is 0.306 e. The fraction of sp³-hybridized carbons (Fsp3) is 0.538. The Labute approximate surface area is 221 Å². The van der Waals surface area contributed by atoms with E-state index < -0.39 is 5.97 Å². The second-order valence-corrected chi connectivity index (χ2v) is 9.26. The molecule has 12 heteroatoms. The number of nitrogens with zero attached hydrogens (tertiary/aromatic N) is 6. The summed E-state index contributed by atoms with van der Waals surface area (Å²) >= 11 is 0. The number of ether oxygens (including phenoxy) is 4. The van der Waals surface area contributed by atoms with Gasteiger partial charge in [-0.15, -0.1) is 5.10 Å². The van der Waals surface area contributed by atoms with Crippen molar-refractivity contribution < 1.29 is 28.8 Å². The first kappa shape index (κ1) is 27.2. The van der Waals surface area contributed by atoms with E-state index in [2.05, 4.69) is 20.3 Å². The van der Waals surface area contributed by atoms with Gasteiger partial charge in [0.05, 0.1) is 36.1 Å². The maximum atomic E-state index is 11.4. The van der Waals surface area contributed by atoms with Crippen LogP contribution in [0, 0.1) is 12.8 Å². The molecule has 38 heavy (non-hydrogen) atoms. The fourth-order valence-corrected chi connectivity index (χ4v) is 4.35. The molecular formula is C26H34N6O6. The highest BCUT2D eigenvalue weighted by Crippen LogP contribution is 2.30. The Hall–Kier alpha value is -3.80. The summed E-state index contributed by atoms with van der Waals surface area (Å²) in [4.78, 5) is 24.4. The Kier molecular flexibility index (Phi) is 9.41. The highest BCUT2D eigenvalue weighted by Gasteiger charge is 2.28. The lowest BCUT2D eigenvalue weighted by Crippen LogP contribution is -2.29. The lowest BCUT2D eigenvalue weighted by atomic mass is 9.87. The number of rotatable bonds is 13. The van der Waals surface area contributed by atoms with Crippen molar-refractivity contribution in [1.29, 1.82) is 0 Å². The number of aliphatic carboxylic acids is 1. The highest BCUT2D eigenvalue weighted by molar-refractivity contribution is 5.70. The van der Waals surface area contributed by atoms with Crippen LogP contribution in [0.4, 0.5) is 0 Å². The first-order valence-corrected chi connectivity index (χ1v) is 12.8. The second kappa shape index (κ2) is 13.1. The van der Waals surface area contributed by atoms with Crippen LogP contribution in [0.25, 0.3) is 11.4 Å². The van der Waals surface area contributed by atoms with Crippen LogP contribution in [-0.2, 0) is 23.2 Å². The van der Waals surface area contributed by atoms with Gasteiger partial charge < -0.3 is 24.1 Å². The van der Waals surface area contributed by atoms with Crippen molar-refractivity contribution in [3.63, 3.8) is 0 Å². The van der Waals surface area contributed by atoms with Gasteiger partial charge in [0.25, 0.3) is 0 Å². The quantitative estimate of drug-likeness (QED) is 0.327. The van der Waals surface area contributed by atoms with E-state index >= 15 is 0 Å². The summed E-state index contributed by atoms with van der Waals surface area (Å²) < 4.78 is 24.4. The average Bonchev–Trinajstić information content (AvgIpc) is 3.29. The number of carboxylic acids is 1. The molecule has 1 N–H and O–H groups in total. The van der Waals surface area contributed by atoms with Gasteiger partial charge in [0, 0.05) is 20.8 Å². The summed E-state index contributed by atoms with van der Waals surface area (Å²) in [5, 5.41) is 17.8. The van der Waals surface area contributed by atoms with E-state index in [1.807, 2.05) is 19.1 Å². The van der Waals surface area contributed by atoms with Crippen LogP contribution in [0.2, 0.25) is 0 Å². The van der Waals surface area contributed by atoms with Crippen molar-refractivity contribution in [3.05, 3.63) is 35.9 Å². The Morgan fingerprint density at radius 3 is 2.68 bits per heavy atom. The van der Waals surface area contributed by atoms with Crippen molar-refractivity contribution in [2.24, 2.45) is 13.0 Å². The highest BCUT2D eigenvalue weighted by atomic mass is 16.5. The van der Waals surface area contributed by atoms with Gasteiger partial charge in [0.2, 0.25) is 11.8 Å². The summed E-state index contributed by atoms with van der Waals surface area (Å²) in [5.41, 5.74) is 2.65. The van der Waals surface area contributed by atoms with Crippen molar-refractivity contribution in [2.75, 3.05) is 20.3 Å². The average molecular weight is 527 g/mol. The standard InChI is InChI=1S/C26H34N6O6/c1-17-22(38-19-8-6-7-18(13-19)26(33)34)10-9-20(29-17)25-21(32(2)31-30-25)15-37-24-14-23(27-16-28-24)36-12-5-4-11-35-3/h9-10,14,16,18-19H,4-8,11-13,15H2,1-3H3,(H,33,34)/t18-,19-/m0/s1. The summed E-state index contributed by atoms with van der Waals surface area (Å²) in [7, 11) is 3.46. The minimum atomic E-state index is -0.760. The molecule has 0 spiro atoms. The molecule has 0 radical (unpaired) electrons. The molecule has 3 aromatic rings. The molecule has 0 aromatic carbocycles. The van der Waals surface area contributed by atoms with Gasteiger partial charge in [0.1, 0.15) is 30.1 Å². The molecule has 1 aliphatic rings. The molecule has 12 nitrogen and oxygen atoms in total. The number of unbranched alkanes of at least 4 members (excludes halogenated alkanes) is 1. The van der Waals surface area contributed by atoms with E-state index in [0.29, 0.717) is 60.6 Å². The van der Waals surface area contributed by atoms with Crippen molar-refractivity contribution >= 4 is 5.97 Å². The zero-order valence-corrected chi connectivity index (χ0v) is 22.0. The first-order chi connectivity index (χ1) is 18.4. The second-order valence-electron chi connectivity index (χ2n) is 9.26. The molecule has 0 aliphatic heterocycles. The van der Waals surface area contributed by atoms with Crippen LogP contribution in [0.15, 0.2) is 24.5 Å². The van der Waals surface area contributed by atoms with Crippen LogP contribution in [0.5, 0.6) is 17.5 Å². The van der Waals surface area contributed by atoms with E-state index in [1.54, 1.807) is 24.9 Å². The zero-order chi connectivity index (χ0) is 26.9. The monoisotopic (exact) mass is 526 g/mol. The Balaban J connectivity index is 1.39. The van der Waals surface area contributed by atoms with Crippen molar-refractivity contribution in [3.8, 4) is 28.9 Å².